The summed E-state index contributed by atoms with van der Waals surface area (Å²) in [7, 11) is -3.36. The fourth-order valence-corrected chi connectivity index (χ4v) is 3.31. The van der Waals surface area contributed by atoms with E-state index in [0.29, 0.717) is 37.6 Å². The van der Waals surface area contributed by atoms with E-state index in [9.17, 15) is 13.2 Å². The summed E-state index contributed by atoms with van der Waals surface area (Å²) in [5.41, 5.74) is 0. The first kappa shape index (κ1) is 14.9. The van der Waals surface area contributed by atoms with Gasteiger partial charge in [-0.2, -0.15) is 4.31 Å². The molecule has 20 heavy (non-hydrogen) atoms. The molecule has 2 heterocycles. The van der Waals surface area contributed by atoms with Gasteiger partial charge in [0, 0.05) is 13.0 Å². The molecule has 0 saturated carbocycles. The van der Waals surface area contributed by atoms with Crippen LogP contribution >= 0.6 is 0 Å². The maximum atomic E-state index is 12.0. The lowest BCUT2D eigenvalue weighted by Gasteiger charge is -2.20. The number of nitrogens with one attached hydrogen (secondary N) is 1. The third kappa shape index (κ3) is 3.34. The van der Waals surface area contributed by atoms with Crippen LogP contribution in [0.1, 0.15) is 31.5 Å². The summed E-state index contributed by atoms with van der Waals surface area (Å²) in [6, 6.07) is -0.640. The number of aryl methyl sites for hydroxylation is 1. The molecule has 0 spiro atoms. The van der Waals surface area contributed by atoms with Crippen LogP contribution in [0, 0.1) is 0 Å². The maximum absolute atomic E-state index is 12.0. The number of aromatic nitrogens is 2. The number of rotatable bonds is 5. The van der Waals surface area contributed by atoms with E-state index in [4.69, 9.17) is 4.42 Å². The number of hydrogen-bond acceptors (Lipinski definition) is 6. The lowest BCUT2D eigenvalue weighted by Crippen LogP contribution is -2.45. The molecular weight excluding hydrogens is 284 g/mol. The van der Waals surface area contributed by atoms with Crippen molar-refractivity contribution in [3.05, 3.63) is 11.8 Å². The highest BCUT2D eigenvalue weighted by atomic mass is 32.2. The summed E-state index contributed by atoms with van der Waals surface area (Å²) in [5.74, 6) is 0.496. The molecule has 1 N–H and O–H groups in total. The number of sulfonamides is 1. The van der Waals surface area contributed by atoms with E-state index in [2.05, 4.69) is 15.5 Å². The van der Waals surface area contributed by atoms with E-state index in [1.54, 1.807) is 0 Å². The Labute approximate surface area is 117 Å². The van der Waals surface area contributed by atoms with Crippen LogP contribution in [0.15, 0.2) is 4.42 Å². The molecule has 0 radical (unpaired) electrons. The second-order valence-electron chi connectivity index (χ2n) is 4.69. The molecule has 1 aliphatic rings. The normalized spacial score (nSPS) is 20.2. The molecule has 8 nitrogen and oxygen atoms in total. The largest absolute Gasteiger partial charge is 0.423 e. The van der Waals surface area contributed by atoms with Crippen LogP contribution < -0.4 is 5.32 Å². The Balaban J connectivity index is 1.94. The molecule has 1 aromatic rings. The van der Waals surface area contributed by atoms with Gasteiger partial charge in [0.15, 0.2) is 0 Å². The SMILES string of the molecule is CCc1nnc(CNC(=O)[C@@H]2CCCN2S(C)(=O)=O)o1. The third-order valence-electron chi connectivity index (χ3n) is 3.16. The maximum Gasteiger partial charge on any atom is 0.238 e. The average molecular weight is 302 g/mol. The zero-order valence-corrected chi connectivity index (χ0v) is 12.3. The van der Waals surface area contributed by atoms with Gasteiger partial charge in [-0.15, -0.1) is 10.2 Å². The molecule has 0 unspecified atom stereocenters. The lowest BCUT2D eigenvalue weighted by molar-refractivity contribution is -0.124. The minimum Gasteiger partial charge on any atom is -0.423 e. The van der Waals surface area contributed by atoms with Gasteiger partial charge in [0.2, 0.25) is 27.7 Å². The molecule has 0 aromatic carbocycles. The van der Waals surface area contributed by atoms with Crippen molar-refractivity contribution in [3.8, 4) is 0 Å². The van der Waals surface area contributed by atoms with E-state index in [1.165, 1.54) is 4.31 Å². The smallest absolute Gasteiger partial charge is 0.238 e. The van der Waals surface area contributed by atoms with Crippen LogP contribution in [0.3, 0.4) is 0 Å². The van der Waals surface area contributed by atoms with Gasteiger partial charge >= 0.3 is 0 Å². The zero-order chi connectivity index (χ0) is 14.8. The van der Waals surface area contributed by atoms with Gasteiger partial charge in [-0.1, -0.05) is 6.92 Å². The predicted molar refractivity (Wildman–Crippen MR) is 70.1 cm³/mol. The Kier molecular flexibility index (Phi) is 4.39. The van der Waals surface area contributed by atoms with Gasteiger partial charge in [0.25, 0.3) is 0 Å². The van der Waals surface area contributed by atoms with E-state index < -0.39 is 16.1 Å². The van der Waals surface area contributed by atoms with Crippen molar-refractivity contribution in [1.29, 1.82) is 0 Å². The van der Waals surface area contributed by atoms with Crippen molar-refractivity contribution in [2.24, 2.45) is 0 Å². The molecule has 1 aromatic heterocycles. The fraction of sp³-hybridized carbons (Fsp3) is 0.727. The van der Waals surface area contributed by atoms with Crippen LogP contribution in [0.25, 0.3) is 0 Å². The molecule has 1 amide bonds. The standard InChI is InChI=1S/C11H18N4O4S/c1-3-9-13-14-10(19-9)7-12-11(16)8-5-4-6-15(8)20(2,17)18/h8H,3-7H2,1-2H3,(H,12,16)/t8-/m0/s1. The van der Waals surface area contributed by atoms with Gasteiger partial charge in [-0.25, -0.2) is 8.42 Å². The van der Waals surface area contributed by atoms with Crippen LogP contribution in [-0.2, 0) is 27.8 Å². The first-order chi connectivity index (χ1) is 9.41. The summed E-state index contributed by atoms with van der Waals surface area (Å²) in [6.07, 6.45) is 2.96. The summed E-state index contributed by atoms with van der Waals surface area (Å²) >= 11 is 0. The molecule has 1 atom stereocenters. The lowest BCUT2D eigenvalue weighted by atomic mass is 10.2. The Bertz CT molecular complexity index is 583. The second kappa shape index (κ2) is 5.88. The van der Waals surface area contributed by atoms with E-state index >= 15 is 0 Å². The zero-order valence-electron chi connectivity index (χ0n) is 11.5. The Hall–Kier alpha value is -1.48. The van der Waals surface area contributed by atoms with Crippen molar-refractivity contribution in [2.75, 3.05) is 12.8 Å². The number of carbonyl (C=O) groups is 1. The van der Waals surface area contributed by atoms with Crippen LogP contribution in [-0.4, -0.2) is 47.7 Å². The van der Waals surface area contributed by atoms with Crippen LogP contribution in [0.5, 0.6) is 0 Å². The predicted octanol–water partition coefficient (Wildman–Crippen LogP) is -0.328. The van der Waals surface area contributed by atoms with Crippen LogP contribution in [0.2, 0.25) is 0 Å². The van der Waals surface area contributed by atoms with Crippen LogP contribution in [0.4, 0.5) is 0 Å². The number of amides is 1. The summed E-state index contributed by atoms with van der Waals surface area (Å²) in [6.45, 7) is 2.38. The highest BCUT2D eigenvalue weighted by Crippen LogP contribution is 2.20. The average Bonchev–Trinajstić information content (AvgIpc) is 3.03. The van der Waals surface area contributed by atoms with Gasteiger partial charge < -0.3 is 9.73 Å². The van der Waals surface area contributed by atoms with Gasteiger partial charge in [0.1, 0.15) is 6.04 Å². The summed E-state index contributed by atoms with van der Waals surface area (Å²) in [5, 5.41) is 10.2. The first-order valence-electron chi connectivity index (χ1n) is 6.47. The van der Waals surface area contributed by atoms with Crippen molar-refractivity contribution in [2.45, 2.75) is 38.8 Å². The molecule has 9 heteroatoms. The molecule has 2 rings (SSSR count). The second-order valence-corrected chi connectivity index (χ2v) is 6.63. The molecule has 0 bridgehead atoms. The van der Waals surface area contributed by atoms with Crippen molar-refractivity contribution < 1.29 is 17.6 Å². The van der Waals surface area contributed by atoms with E-state index in [1.807, 2.05) is 6.92 Å². The summed E-state index contributed by atoms with van der Waals surface area (Å²) in [4.78, 5) is 12.0. The fourth-order valence-electron chi connectivity index (χ4n) is 2.18. The highest BCUT2D eigenvalue weighted by Gasteiger charge is 2.36. The summed E-state index contributed by atoms with van der Waals surface area (Å²) < 4.78 is 29.6. The number of nitrogens with zero attached hydrogens (tertiary/aromatic N) is 3. The van der Waals surface area contributed by atoms with E-state index in [-0.39, 0.29) is 12.5 Å². The van der Waals surface area contributed by atoms with Gasteiger partial charge in [-0.3, -0.25) is 4.79 Å². The molecular formula is C11H18N4O4S. The van der Waals surface area contributed by atoms with Crippen molar-refractivity contribution >= 4 is 15.9 Å². The monoisotopic (exact) mass is 302 g/mol. The third-order valence-corrected chi connectivity index (χ3v) is 4.45. The minimum atomic E-state index is -3.36. The van der Waals surface area contributed by atoms with Gasteiger partial charge in [-0.05, 0) is 12.8 Å². The van der Waals surface area contributed by atoms with Crippen molar-refractivity contribution in [3.63, 3.8) is 0 Å². The van der Waals surface area contributed by atoms with Gasteiger partial charge in [0.05, 0.1) is 12.8 Å². The molecule has 112 valence electrons. The molecule has 1 fully saturated rings. The Morgan fingerprint density at radius 2 is 2.15 bits per heavy atom. The van der Waals surface area contributed by atoms with Crippen molar-refractivity contribution in [1.82, 2.24) is 19.8 Å². The molecule has 1 saturated heterocycles. The highest BCUT2D eigenvalue weighted by molar-refractivity contribution is 7.88. The molecule has 1 aliphatic heterocycles. The van der Waals surface area contributed by atoms with E-state index in [0.717, 1.165) is 6.26 Å². The topological polar surface area (TPSA) is 105 Å². The quantitative estimate of drug-likeness (QED) is 0.798. The Morgan fingerprint density at radius 3 is 2.75 bits per heavy atom. The minimum absolute atomic E-state index is 0.111. The number of carbonyl (C=O) groups excluding carboxylic acids is 1. The first-order valence-corrected chi connectivity index (χ1v) is 8.32. The molecule has 0 aliphatic carbocycles. The Morgan fingerprint density at radius 1 is 1.45 bits per heavy atom. The number of hydrogen-bond donors (Lipinski definition) is 1.